The molecule has 0 bridgehead atoms. The lowest BCUT2D eigenvalue weighted by Crippen LogP contribution is -2.54. The number of urea groups is 1. The van der Waals surface area contributed by atoms with Gasteiger partial charge in [-0.15, -0.1) is 0 Å². The van der Waals surface area contributed by atoms with Crippen molar-refractivity contribution in [2.75, 3.05) is 4.90 Å². The van der Waals surface area contributed by atoms with E-state index in [4.69, 9.17) is 16.3 Å². The van der Waals surface area contributed by atoms with Crippen LogP contribution in [0.25, 0.3) is 6.08 Å². The minimum Gasteiger partial charge on any atom is -0.488 e. The number of amides is 4. The van der Waals surface area contributed by atoms with Gasteiger partial charge >= 0.3 is 6.03 Å². The lowest BCUT2D eigenvalue weighted by molar-refractivity contribution is -0.122. The average molecular weight is 605 g/mol. The number of halogens is 3. The number of nitrogens with one attached hydrogen (secondary N) is 1. The maximum atomic E-state index is 13.3. The van der Waals surface area contributed by atoms with Crippen LogP contribution < -0.4 is 15.0 Å². The Labute approximate surface area is 217 Å². The van der Waals surface area contributed by atoms with Crippen molar-refractivity contribution >= 4 is 73.1 Å². The Morgan fingerprint density at radius 3 is 2.53 bits per heavy atom. The normalized spacial score (nSPS) is 15.0. The first-order valence-electron chi connectivity index (χ1n) is 10.1. The highest BCUT2D eigenvalue weighted by molar-refractivity contribution is 9.10. The second-order valence-corrected chi connectivity index (χ2v) is 9.66. The summed E-state index contributed by atoms with van der Waals surface area (Å²) in [7, 11) is 0. The number of nitrogens with zero attached hydrogens (tertiary/aromatic N) is 1. The van der Waals surface area contributed by atoms with Gasteiger partial charge in [0.15, 0.2) is 0 Å². The van der Waals surface area contributed by atoms with Crippen LogP contribution in [-0.4, -0.2) is 17.8 Å². The second kappa shape index (κ2) is 10.1. The van der Waals surface area contributed by atoms with Crippen molar-refractivity contribution in [1.29, 1.82) is 0 Å². The molecule has 1 heterocycles. The highest BCUT2D eigenvalue weighted by Gasteiger charge is 2.37. The number of barbiturate groups is 1. The van der Waals surface area contributed by atoms with E-state index in [0.29, 0.717) is 27.6 Å². The number of hydrogen-bond donors (Lipinski definition) is 1. The highest BCUT2D eigenvalue weighted by atomic mass is 79.9. The van der Waals surface area contributed by atoms with E-state index >= 15 is 0 Å². The molecule has 1 fully saturated rings. The molecule has 1 aliphatic heterocycles. The summed E-state index contributed by atoms with van der Waals surface area (Å²) in [5, 5.41) is 2.64. The van der Waals surface area contributed by atoms with Crippen LogP contribution in [0.5, 0.6) is 5.75 Å². The monoisotopic (exact) mass is 602 g/mol. The first kappa shape index (κ1) is 24.2. The zero-order valence-corrected chi connectivity index (χ0v) is 21.7. The molecule has 172 valence electrons. The maximum absolute atomic E-state index is 13.3. The average Bonchev–Trinajstić information content (AvgIpc) is 2.78. The van der Waals surface area contributed by atoms with Crippen LogP contribution in [0.4, 0.5) is 10.5 Å². The van der Waals surface area contributed by atoms with Crippen LogP contribution in [0.3, 0.4) is 0 Å². The largest absolute Gasteiger partial charge is 0.488 e. The molecule has 0 unspecified atom stereocenters. The van der Waals surface area contributed by atoms with Crippen molar-refractivity contribution in [3.8, 4) is 5.75 Å². The molecule has 0 aromatic heterocycles. The van der Waals surface area contributed by atoms with Crippen LogP contribution in [0.15, 0.2) is 75.2 Å². The molecule has 3 aromatic rings. The van der Waals surface area contributed by atoms with Gasteiger partial charge in [-0.3, -0.25) is 14.9 Å². The van der Waals surface area contributed by atoms with Crippen LogP contribution >= 0.6 is 43.5 Å². The van der Waals surface area contributed by atoms with Crippen molar-refractivity contribution < 1.29 is 19.1 Å². The van der Waals surface area contributed by atoms with Gasteiger partial charge < -0.3 is 4.74 Å². The van der Waals surface area contributed by atoms with E-state index in [1.807, 2.05) is 24.3 Å². The zero-order chi connectivity index (χ0) is 24.4. The maximum Gasteiger partial charge on any atom is 0.335 e. The molecule has 0 atom stereocenters. The number of carbonyl (C=O) groups excluding carboxylic acids is 3. The Morgan fingerprint density at radius 2 is 1.79 bits per heavy atom. The summed E-state index contributed by atoms with van der Waals surface area (Å²) in [4.78, 5) is 39.4. The summed E-state index contributed by atoms with van der Waals surface area (Å²) in [5.74, 6) is -1.11. The molecule has 0 aliphatic carbocycles. The van der Waals surface area contributed by atoms with Gasteiger partial charge in [-0.25, -0.2) is 9.69 Å². The van der Waals surface area contributed by atoms with Gasteiger partial charge in [0.25, 0.3) is 11.8 Å². The number of benzene rings is 3. The molecular weight excluding hydrogens is 588 g/mol. The smallest absolute Gasteiger partial charge is 0.335 e. The van der Waals surface area contributed by atoms with E-state index in [9.17, 15) is 14.4 Å². The van der Waals surface area contributed by atoms with E-state index < -0.39 is 17.8 Å². The van der Waals surface area contributed by atoms with Crippen LogP contribution in [0, 0.1) is 6.92 Å². The fourth-order valence-electron chi connectivity index (χ4n) is 3.44. The van der Waals surface area contributed by atoms with Crippen LogP contribution in [0.2, 0.25) is 5.02 Å². The number of hydrogen-bond acceptors (Lipinski definition) is 4. The Hall–Kier alpha value is -2.94. The molecule has 0 saturated carbocycles. The lowest BCUT2D eigenvalue weighted by atomic mass is 10.0. The predicted octanol–water partition coefficient (Wildman–Crippen LogP) is 6.42. The third kappa shape index (κ3) is 5.09. The second-order valence-electron chi connectivity index (χ2n) is 7.45. The zero-order valence-electron chi connectivity index (χ0n) is 17.8. The summed E-state index contributed by atoms with van der Waals surface area (Å²) in [6, 6.07) is 16.9. The first-order valence-corrected chi connectivity index (χ1v) is 12.0. The van der Waals surface area contributed by atoms with Crippen molar-refractivity contribution in [2.24, 2.45) is 0 Å². The number of anilines is 1. The SMILES string of the molecule is Cc1cc(Br)ccc1N1C(=O)NC(=O)/C(=C/c2cc(Cl)ccc2OCc2ccccc2Br)C1=O. The Morgan fingerprint density at radius 1 is 1.03 bits per heavy atom. The fraction of sp³-hybridized carbons (Fsp3) is 0.0800. The molecule has 34 heavy (non-hydrogen) atoms. The van der Waals surface area contributed by atoms with Crippen LogP contribution in [-0.2, 0) is 16.2 Å². The van der Waals surface area contributed by atoms with Gasteiger partial charge in [-0.1, -0.05) is 61.7 Å². The molecule has 0 radical (unpaired) electrons. The van der Waals surface area contributed by atoms with E-state index in [-0.39, 0.29) is 12.2 Å². The van der Waals surface area contributed by atoms with Crippen molar-refractivity contribution in [2.45, 2.75) is 13.5 Å². The fourth-order valence-corrected chi connectivity index (χ4v) is 4.49. The number of imide groups is 2. The van der Waals surface area contributed by atoms with E-state index in [1.165, 1.54) is 6.08 Å². The number of aryl methyl sites for hydroxylation is 1. The van der Waals surface area contributed by atoms with Gasteiger partial charge in [-0.05, 0) is 61.0 Å². The molecule has 9 heteroatoms. The molecule has 0 spiro atoms. The van der Waals surface area contributed by atoms with Gasteiger partial charge in [0.05, 0.1) is 5.69 Å². The summed E-state index contributed by atoms with van der Waals surface area (Å²) in [6.45, 7) is 2.02. The number of ether oxygens (including phenoxy) is 1. The Balaban J connectivity index is 1.70. The standard InChI is InChI=1S/C25H17Br2ClN2O4/c1-14-10-17(26)6-8-21(14)30-24(32)19(23(31)29-25(30)33)12-16-11-18(28)7-9-22(16)34-13-15-4-2-3-5-20(15)27/h2-12H,13H2,1H3,(H,29,31,33)/b19-12-. The first-order chi connectivity index (χ1) is 16.2. The topological polar surface area (TPSA) is 75.7 Å². The molecule has 4 rings (SSSR count). The lowest BCUT2D eigenvalue weighted by Gasteiger charge is -2.27. The summed E-state index contributed by atoms with van der Waals surface area (Å²) in [5.41, 5.74) is 2.20. The van der Waals surface area contributed by atoms with Crippen LogP contribution in [0.1, 0.15) is 16.7 Å². The van der Waals surface area contributed by atoms with E-state index in [0.717, 1.165) is 19.4 Å². The summed E-state index contributed by atoms with van der Waals surface area (Å²) >= 11 is 13.0. The van der Waals surface area contributed by atoms with E-state index in [1.54, 1.807) is 43.3 Å². The third-order valence-corrected chi connectivity index (χ3v) is 6.62. The minimum atomic E-state index is -0.811. The molecule has 4 amide bonds. The van der Waals surface area contributed by atoms with Gasteiger partial charge in [0.2, 0.25) is 0 Å². The molecule has 1 N–H and O–H groups in total. The molecule has 1 saturated heterocycles. The molecule has 3 aromatic carbocycles. The minimum absolute atomic E-state index is 0.213. The van der Waals surface area contributed by atoms with E-state index in [2.05, 4.69) is 37.2 Å². The van der Waals surface area contributed by atoms with Gasteiger partial charge in [0.1, 0.15) is 17.9 Å². The number of rotatable bonds is 5. The van der Waals surface area contributed by atoms with Gasteiger partial charge in [-0.2, -0.15) is 0 Å². The molecule has 6 nitrogen and oxygen atoms in total. The van der Waals surface area contributed by atoms with Crippen molar-refractivity contribution in [3.05, 3.63) is 96.9 Å². The van der Waals surface area contributed by atoms with Crippen molar-refractivity contribution in [3.63, 3.8) is 0 Å². The van der Waals surface area contributed by atoms with Gasteiger partial charge in [0, 0.05) is 25.1 Å². The quantitative estimate of drug-likeness (QED) is 0.270. The third-order valence-electron chi connectivity index (χ3n) is 5.11. The molecule has 1 aliphatic rings. The predicted molar refractivity (Wildman–Crippen MR) is 138 cm³/mol. The Kier molecular flexibility index (Phi) is 7.21. The summed E-state index contributed by atoms with van der Waals surface area (Å²) < 4.78 is 7.67. The number of carbonyl (C=O) groups is 3. The summed E-state index contributed by atoms with van der Waals surface area (Å²) in [6.07, 6.45) is 1.38. The molecular formula is C25H17Br2ClN2O4. The van der Waals surface area contributed by atoms with Crippen molar-refractivity contribution in [1.82, 2.24) is 5.32 Å². The Bertz CT molecular complexity index is 1360. The highest BCUT2D eigenvalue weighted by Crippen LogP contribution is 2.31.